The lowest BCUT2D eigenvalue weighted by atomic mass is 10.0. The lowest BCUT2D eigenvalue weighted by molar-refractivity contribution is 0.417. The van der Waals surface area contributed by atoms with Gasteiger partial charge in [0, 0.05) is 12.7 Å². The molecule has 2 atom stereocenters. The van der Waals surface area contributed by atoms with Gasteiger partial charge in [-0.15, -0.1) is 0 Å². The first kappa shape index (κ1) is 16.5. The first-order valence-electron chi connectivity index (χ1n) is 8.06. The highest BCUT2D eigenvalue weighted by Crippen LogP contribution is 2.30. The van der Waals surface area contributed by atoms with Crippen LogP contribution in [0.25, 0.3) is 0 Å². The van der Waals surface area contributed by atoms with Crippen molar-refractivity contribution in [3.8, 4) is 0 Å². The molecule has 1 aromatic heterocycles. The molecular weight excluding hydrogens is 286 g/mol. The van der Waals surface area contributed by atoms with Gasteiger partial charge in [-0.1, -0.05) is 20.3 Å². The number of hydrogen-bond acceptors (Lipinski definition) is 4. The highest BCUT2D eigenvalue weighted by molar-refractivity contribution is 7.92. The lowest BCUT2D eigenvalue weighted by Gasteiger charge is -2.31. The molecule has 1 aromatic rings. The molecule has 0 aliphatic carbocycles. The molecular formula is C15H27N3O2S. The first-order chi connectivity index (χ1) is 10.1. The van der Waals surface area contributed by atoms with Gasteiger partial charge >= 0.3 is 0 Å². The zero-order valence-corrected chi connectivity index (χ0v) is 13.9. The summed E-state index contributed by atoms with van der Waals surface area (Å²) in [6.07, 6.45) is 6.31. The largest absolute Gasteiger partial charge is 0.308 e. The molecule has 1 aliphatic rings. The van der Waals surface area contributed by atoms with Crippen molar-refractivity contribution in [1.29, 1.82) is 0 Å². The van der Waals surface area contributed by atoms with Crippen molar-refractivity contribution in [1.82, 2.24) is 15.1 Å². The fourth-order valence-electron chi connectivity index (χ4n) is 3.09. The molecule has 21 heavy (non-hydrogen) atoms. The topological polar surface area (TPSA) is 64.0 Å². The number of nitrogens with zero attached hydrogens (tertiary/aromatic N) is 2. The molecule has 0 saturated carbocycles. The molecule has 5 nitrogen and oxygen atoms in total. The second kappa shape index (κ2) is 7.40. The zero-order valence-electron chi connectivity index (χ0n) is 13.1. The lowest BCUT2D eigenvalue weighted by Crippen LogP contribution is -2.42. The van der Waals surface area contributed by atoms with Crippen LogP contribution >= 0.6 is 0 Å². The molecule has 2 unspecified atom stereocenters. The molecule has 0 amide bonds. The summed E-state index contributed by atoms with van der Waals surface area (Å²) in [5.74, 6) is 0.323. The first-order valence-corrected chi connectivity index (χ1v) is 9.78. The van der Waals surface area contributed by atoms with Crippen molar-refractivity contribution in [2.75, 3.05) is 12.3 Å². The molecule has 2 rings (SSSR count). The Morgan fingerprint density at radius 2 is 2.19 bits per heavy atom. The van der Waals surface area contributed by atoms with E-state index in [2.05, 4.69) is 24.3 Å². The van der Waals surface area contributed by atoms with E-state index in [9.17, 15) is 8.42 Å². The zero-order chi connectivity index (χ0) is 15.3. The van der Waals surface area contributed by atoms with Crippen LogP contribution in [0.3, 0.4) is 0 Å². The molecule has 1 N–H and O–H groups in total. The van der Waals surface area contributed by atoms with Gasteiger partial charge in [-0.2, -0.15) is 5.10 Å². The molecule has 0 spiro atoms. The second-order valence-electron chi connectivity index (χ2n) is 5.81. The molecule has 1 fully saturated rings. The van der Waals surface area contributed by atoms with Crippen molar-refractivity contribution in [3.63, 3.8) is 0 Å². The summed E-state index contributed by atoms with van der Waals surface area (Å²) in [5, 5.41) is 7.50. The van der Waals surface area contributed by atoms with Crippen LogP contribution in [0.15, 0.2) is 12.3 Å². The van der Waals surface area contributed by atoms with Crippen LogP contribution in [0.5, 0.6) is 0 Å². The van der Waals surface area contributed by atoms with Crippen LogP contribution in [-0.4, -0.2) is 35.7 Å². The minimum Gasteiger partial charge on any atom is -0.308 e. The van der Waals surface area contributed by atoms with E-state index in [-0.39, 0.29) is 11.3 Å². The maximum absolute atomic E-state index is 12.5. The monoisotopic (exact) mass is 313 g/mol. The van der Waals surface area contributed by atoms with Gasteiger partial charge in [-0.3, -0.25) is 4.68 Å². The number of hydrogen-bond donors (Lipinski definition) is 1. The van der Waals surface area contributed by atoms with E-state index in [1.807, 2.05) is 10.7 Å². The van der Waals surface area contributed by atoms with E-state index in [1.165, 1.54) is 0 Å². The average Bonchev–Trinajstić information content (AvgIpc) is 2.89. The number of nitrogens with one attached hydrogen (secondary N) is 1. The SMILES string of the molecule is CCCNC(c1ccnn1CCC)C1CCCCS1(=O)=O. The fourth-order valence-corrected chi connectivity index (χ4v) is 5.17. The Kier molecular flexibility index (Phi) is 5.81. The fraction of sp³-hybridized carbons (Fsp3) is 0.800. The number of rotatable bonds is 7. The maximum Gasteiger partial charge on any atom is 0.155 e. The summed E-state index contributed by atoms with van der Waals surface area (Å²) >= 11 is 0. The Labute approximate surface area is 128 Å². The van der Waals surface area contributed by atoms with Crippen molar-refractivity contribution >= 4 is 9.84 Å². The smallest absolute Gasteiger partial charge is 0.155 e. The van der Waals surface area contributed by atoms with Gasteiger partial charge in [0.15, 0.2) is 9.84 Å². The number of sulfone groups is 1. The van der Waals surface area contributed by atoms with Crippen molar-refractivity contribution in [3.05, 3.63) is 18.0 Å². The van der Waals surface area contributed by atoms with Crippen molar-refractivity contribution in [2.45, 2.75) is 63.8 Å². The van der Waals surface area contributed by atoms with E-state index in [1.54, 1.807) is 6.20 Å². The molecule has 1 saturated heterocycles. The Morgan fingerprint density at radius 3 is 2.86 bits per heavy atom. The highest BCUT2D eigenvalue weighted by Gasteiger charge is 2.37. The van der Waals surface area contributed by atoms with E-state index in [0.29, 0.717) is 5.75 Å². The average molecular weight is 313 g/mol. The summed E-state index contributed by atoms with van der Waals surface area (Å²) in [6.45, 7) is 5.87. The maximum atomic E-state index is 12.5. The van der Waals surface area contributed by atoms with Crippen LogP contribution in [0.4, 0.5) is 0 Å². The Hall–Kier alpha value is -0.880. The summed E-state index contributed by atoms with van der Waals surface area (Å²) in [6, 6.07) is 1.83. The molecule has 0 aromatic carbocycles. The van der Waals surface area contributed by atoms with Gasteiger partial charge in [0.25, 0.3) is 0 Å². The van der Waals surface area contributed by atoms with Gasteiger partial charge < -0.3 is 5.32 Å². The third kappa shape index (κ3) is 3.86. The van der Waals surface area contributed by atoms with Gasteiger partial charge in [-0.05, 0) is 38.3 Å². The van der Waals surface area contributed by atoms with Crippen molar-refractivity contribution in [2.24, 2.45) is 0 Å². The van der Waals surface area contributed by atoms with E-state index in [4.69, 9.17) is 0 Å². The van der Waals surface area contributed by atoms with Crippen LogP contribution in [0, 0.1) is 0 Å². The summed E-state index contributed by atoms with van der Waals surface area (Å²) in [4.78, 5) is 0. The van der Waals surface area contributed by atoms with Crippen LogP contribution in [0.2, 0.25) is 0 Å². The molecule has 120 valence electrons. The third-order valence-corrected chi connectivity index (χ3v) is 6.41. The van der Waals surface area contributed by atoms with E-state index < -0.39 is 9.84 Å². The van der Waals surface area contributed by atoms with Crippen LogP contribution < -0.4 is 5.32 Å². The normalized spacial score (nSPS) is 23.0. The quantitative estimate of drug-likeness (QED) is 0.839. The summed E-state index contributed by atoms with van der Waals surface area (Å²) in [7, 11) is -3.01. The molecule has 2 heterocycles. The Morgan fingerprint density at radius 1 is 1.38 bits per heavy atom. The molecule has 6 heteroatoms. The van der Waals surface area contributed by atoms with E-state index in [0.717, 1.165) is 50.9 Å². The van der Waals surface area contributed by atoms with Crippen molar-refractivity contribution < 1.29 is 8.42 Å². The van der Waals surface area contributed by atoms with Gasteiger partial charge in [0.1, 0.15) is 0 Å². The molecule has 0 bridgehead atoms. The number of aryl methyl sites for hydroxylation is 1. The highest BCUT2D eigenvalue weighted by atomic mass is 32.2. The van der Waals surface area contributed by atoms with Crippen LogP contribution in [0.1, 0.15) is 57.7 Å². The Bertz CT molecular complexity index is 539. The van der Waals surface area contributed by atoms with Gasteiger partial charge in [0.2, 0.25) is 0 Å². The second-order valence-corrected chi connectivity index (χ2v) is 8.15. The van der Waals surface area contributed by atoms with E-state index >= 15 is 0 Å². The summed E-state index contributed by atoms with van der Waals surface area (Å²) in [5.41, 5.74) is 1.01. The standard InChI is InChI=1S/C15H27N3O2S/c1-3-9-16-15(13-8-10-17-18(13)11-4-2)14-7-5-6-12-21(14,19)20/h8,10,14-16H,3-7,9,11-12H2,1-2H3. The molecule has 1 aliphatic heterocycles. The third-order valence-electron chi connectivity index (χ3n) is 4.12. The van der Waals surface area contributed by atoms with Crippen LogP contribution in [-0.2, 0) is 16.4 Å². The molecule has 0 radical (unpaired) electrons. The predicted molar refractivity (Wildman–Crippen MR) is 85.0 cm³/mol. The Balaban J connectivity index is 2.31. The van der Waals surface area contributed by atoms with Gasteiger partial charge in [0.05, 0.1) is 22.7 Å². The minimum atomic E-state index is -3.01. The predicted octanol–water partition coefficient (Wildman–Crippen LogP) is 2.30. The number of aromatic nitrogens is 2. The minimum absolute atomic E-state index is 0.135. The summed E-state index contributed by atoms with van der Waals surface area (Å²) < 4.78 is 26.9. The van der Waals surface area contributed by atoms with Gasteiger partial charge in [-0.25, -0.2) is 8.42 Å².